The standard InChI is InChI=1S/C30H29F8NO5S/c1-26(25(41)42)12-10-17(11-13-26)24(40)39-15-14-27(45(43,44)21-6-4-20(31)5-7-21)22-8-3-19(16-18(22)2-9-23(27)39)28(32,29(33,34)35)30(36,37)38/h3-8,16-17,23H,2,9-15H2,1H3,(H,41,42)/t17-,23-,26-,27-/m1/s1. The van der Waals surface area contributed by atoms with E-state index in [0.717, 1.165) is 30.3 Å². The number of aryl methyl sites for hydroxylation is 1. The Balaban J connectivity index is 1.62. The van der Waals surface area contributed by atoms with Crippen LogP contribution in [-0.4, -0.2) is 55.2 Å². The van der Waals surface area contributed by atoms with Crippen LogP contribution in [0.5, 0.6) is 0 Å². The van der Waals surface area contributed by atoms with Crippen LogP contribution in [0.4, 0.5) is 35.1 Å². The SMILES string of the molecule is C[C@]1(C(=O)O)CC[C@H](C(=O)N2CC[C@@]3(S(=O)(=O)c4ccc(F)cc4)c4ccc(C(F)(C(F)(F)F)C(F)(F)F)cc4CC[C@@H]23)CC1. The number of likely N-dealkylation sites (tertiary alicyclic amines) is 1. The molecule has 0 unspecified atom stereocenters. The number of nitrogens with zero attached hydrogens (tertiary/aromatic N) is 1. The van der Waals surface area contributed by atoms with Crippen LogP contribution < -0.4 is 0 Å². The smallest absolute Gasteiger partial charge is 0.435 e. The molecule has 2 atom stereocenters. The molecule has 2 aromatic carbocycles. The Labute approximate surface area is 253 Å². The maximum Gasteiger partial charge on any atom is 0.435 e. The monoisotopic (exact) mass is 667 g/mol. The second kappa shape index (κ2) is 10.7. The summed E-state index contributed by atoms with van der Waals surface area (Å²) in [5, 5.41) is 9.56. The van der Waals surface area contributed by atoms with Crippen molar-refractivity contribution >= 4 is 21.7 Å². The summed E-state index contributed by atoms with van der Waals surface area (Å²) in [6, 6.07) is 4.07. The zero-order valence-electron chi connectivity index (χ0n) is 23.8. The molecule has 1 heterocycles. The summed E-state index contributed by atoms with van der Waals surface area (Å²) in [6.07, 6.45) is -12.6. The number of fused-ring (bicyclic) bond motifs is 3. The minimum atomic E-state index is -6.37. The highest BCUT2D eigenvalue weighted by atomic mass is 32.2. The van der Waals surface area contributed by atoms with E-state index in [4.69, 9.17) is 0 Å². The maximum atomic E-state index is 15.0. The molecule has 3 aliphatic rings. The number of hydrogen-bond acceptors (Lipinski definition) is 4. The van der Waals surface area contributed by atoms with E-state index in [0.29, 0.717) is 6.07 Å². The molecular formula is C30H29F8NO5S. The van der Waals surface area contributed by atoms with Crippen molar-refractivity contribution in [1.29, 1.82) is 0 Å². The predicted molar refractivity (Wildman–Crippen MR) is 143 cm³/mol. The van der Waals surface area contributed by atoms with E-state index >= 15 is 0 Å². The third-order valence-corrected chi connectivity index (χ3v) is 12.5. The summed E-state index contributed by atoms with van der Waals surface area (Å²) < 4.78 is 137. The molecule has 2 aliphatic carbocycles. The molecule has 0 spiro atoms. The first kappa shape index (κ1) is 33.1. The molecule has 2 aromatic rings. The number of alkyl halides is 7. The van der Waals surface area contributed by atoms with Gasteiger partial charge in [0.25, 0.3) is 0 Å². The summed E-state index contributed by atoms with van der Waals surface area (Å²) in [4.78, 5) is 26.5. The number of carbonyl (C=O) groups excluding carboxylic acids is 1. The fraction of sp³-hybridized carbons (Fsp3) is 0.533. The number of carbonyl (C=O) groups is 2. The minimum absolute atomic E-state index is 0.129. The Kier molecular flexibility index (Phi) is 7.85. The average Bonchev–Trinajstić information content (AvgIpc) is 3.37. The van der Waals surface area contributed by atoms with E-state index in [1.165, 1.54) is 4.90 Å². The third-order valence-electron chi connectivity index (χ3n) is 9.91. The Hall–Kier alpha value is -3.23. The molecule has 0 aromatic heterocycles. The van der Waals surface area contributed by atoms with Gasteiger partial charge < -0.3 is 10.0 Å². The van der Waals surface area contributed by atoms with E-state index < -0.39 is 73.2 Å². The summed E-state index contributed by atoms with van der Waals surface area (Å²) >= 11 is 0. The van der Waals surface area contributed by atoms with Crippen LogP contribution in [-0.2, 0) is 36.3 Å². The van der Waals surface area contributed by atoms with Crippen LogP contribution in [0.1, 0.15) is 62.1 Å². The van der Waals surface area contributed by atoms with Gasteiger partial charge in [-0.05, 0) is 87.3 Å². The van der Waals surface area contributed by atoms with Gasteiger partial charge in [0.1, 0.15) is 10.6 Å². The molecule has 6 nitrogen and oxygen atoms in total. The van der Waals surface area contributed by atoms with E-state index in [1.54, 1.807) is 6.92 Å². The highest BCUT2D eigenvalue weighted by Gasteiger charge is 2.74. The summed E-state index contributed by atoms with van der Waals surface area (Å²) in [6.45, 7) is 1.44. The fourth-order valence-corrected chi connectivity index (χ4v) is 9.64. The molecule has 246 valence electrons. The zero-order valence-corrected chi connectivity index (χ0v) is 24.6. The van der Waals surface area contributed by atoms with Crippen molar-refractivity contribution in [2.45, 2.75) is 85.6 Å². The molecule has 1 aliphatic heterocycles. The summed E-state index contributed by atoms with van der Waals surface area (Å²) in [5.74, 6) is -2.82. The molecule has 0 bridgehead atoms. The molecule has 45 heavy (non-hydrogen) atoms. The number of amides is 1. The zero-order chi connectivity index (χ0) is 33.4. The predicted octanol–water partition coefficient (Wildman–Crippen LogP) is 6.61. The van der Waals surface area contributed by atoms with Crippen molar-refractivity contribution in [1.82, 2.24) is 4.90 Å². The normalized spacial score (nSPS) is 27.5. The lowest BCUT2D eigenvalue weighted by molar-refractivity contribution is -0.348. The van der Waals surface area contributed by atoms with Crippen LogP contribution in [0.2, 0.25) is 0 Å². The van der Waals surface area contributed by atoms with Gasteiger partial charge in [-0.1, -0.05) is 18.2 Å². The number of carboxylic acids is 1. The van der Waals surface area contributed by atoms with Crippen LogP contribution in [0.25, 0.3) is 0 Å². The van der Waals surface area contributed by atoms with Crippen molar-refractivity contribution in [3.05, 3.63) is 65.0 Å². The highest BCUT2D eigenvalue weighted by molar-refractivity contribution is 7.92. The Bertz CT molecular complexity index is 1600. The van der Waals surface area contributed by atoms with E-state index in [2.05, 4.69) is 0 Å². The molecule has 1 saturated heterocycles. The van der Waals surface area contributed by atoms with Gasteiger partial charge in [0.2, 0.25) is 5.91 Å². The highest BCUT2D eigenvalue weighted by Crippen LogP contribution is 2.57. The first-order valence-electron chi connectivity index (χ1n) is 14.2. The van der Waals surface area contributed by atoms with Crippen molar-refractivity contribution in [2.24, 2.45) is 11.3 Å². The molecule has 0 radical (unpaired) electrons. The maximum absolute atomic E-state index is 15.0. The molecular weight excluding hydrogens is 638 g/mol. The van der Waals surface area contributed by atoms with Gasteiger partial charge in [-0.25, -0.2) is 17.2 Å². The summed E-state index contributed by atoms with van der Waals surface area (Å²) in [5.41, 5.74) is -8.90. The number of aliphatic carboxylic acids is 1. The van der Waals surface area contributed by atoms with Gasteiger partial charge in [-0.3, -0.25) is 9.59 Å². The fourth-order valence-electron chi connectivity index (χ4n) is 7.27. The van der Waals surface area contributed by atoms with Gasteiger partial charge in [0.05, 0.1) is 16.4 Å². The molecule has 1 saturated carbocycles. The Morgan fingerprint density at radius 1 is 0.889 bits per heavy atom. The lowest BCUT2D eigenvalue weighted by Crippen LogP contribution is -2.54. The second-order valence-electron chi connectivity index (χ2n) is 12.3. The topological polar surface area (TPSA) is 91.8 Å². The van der Waals surface area contributed by atoms with Gasteiger partial charge >= 0.3 is 24.0 Å². The number of hydrogen-bond donors (Lipinski definition) is 1. The van der Waals surface area contributed by atoms with Crippen LogP contribution >= 0.6 is 0 Å². The van der Waals surface area contributed by atoms with Crippen molar-refractivity contribution in [3.8, 4) is 0 Å². The Morgan fingerprint density at radius 2 is 1.47 bits per heavy atom. The van der Waals surface area contributed by atoms with Crippen molar-refractivity contribution < 1.29 is 58.2 Å². The van der Waals surface area contributed by atoms with Crippen LogP contribution in [0, 0.1) is 17.2 Å². The van der Waals surface area contributed by atoms with Gasteiger partial charge in [-0.2, -0.15) is 26.3 Å². The number of halogens is 8. The first-order valence-corrected chi connectivity index (χ1v) is 15.7. The van der Waals surface area contributed by atoms with E-state index in [9.17, 15) is 58.2 Å². The minimum Gasteiger partial charge on any atom is -0.481 e. The van der Waals surface area contributed by atoms with E-state index in [-0.39, 0.29) is 73.6 Å². The van der Waals surface area contributed by atoms with Crippen molar-refractivity contribution in [2.75, 3.05) is 6.54 Å². The lowest BCUT2D eigenvalue weighted by atomic mass is 9.71. The quantitative estimate of drug-likeness (QED) is 0.286. The van der Waals surface area contributed by atoms with Gasteiger partial charge in [0, 0.05) is 18.0 Å². The molecule has 5 rings (SSSR count). The number of rotatable bonds is 5. The van der Waals surface area contributed by atoms with Gasteiger partial charge in [-0.15, -0.1) is 0 Å². The van der Waals surface area contributed by atoms with E-state index in [1.807, 2.05) is 0 Å². The van der Waals surface area contributed by atoms with Crippen molar-refractivity contribution in [3.63, 3.8) is 0 Å². The average molecular weight is 668 g/mol. The Morgan fingerprint density at radius 3 is 2.00 bits per heavy atom. The molecule has 15 heteroatoms. The van der Waals surface area contributed by atoms with Gasteiger partial charge in [0.15, 0.2) is 9.84 Å². The number of carboxylic acid groups (broad SMARTS) is 1. The lowest BCUT2D eigenvalue weighted by Gasteiger charge is -2.44. The number of sulfone groups is 1. The molecule has 1 amide bonds. The molecule has 2 fully saturated rings. The van der Waals surface area contributed by atoms with Crippen LogP contribution in [0.15, 0.2) is 47.4 Å². The molecule has 1 N–H and O–H groups in total. The number of benzene rings is 2. The second-order valence-corrected chi connectivity index (χ2v) is 14.6. The largest absolute Gasteiger partial charge is 0.481 e. The first-order chi connectivity index (χ1) is 20.7. The third kappa shape index (κ3) is 4.91. The summed E-state index contributed by atoms with van der Waals surface area (Å²) in [7, 11) is -4.60. The van der Waals surface area contributed by atoms with Crippen LogP contribution in [0.3, 0.4) is 0 Å².